The minimum atomic E-state index is 0.196. The Hall–Kier alpha value is -1.64. The molecular formula is C16H21N3. The van der Waals surface area contributed by atoms with Crippen LogP contribution in [0.15, 0.2) is 18.6 Å². The van der Waals surface area contributed by atoms with Crippen molar-refractivity contribution in [2.45, 2.75) is 46.5 Å². The van der Waals surface area contributed by atoms with Gasteiger partial charge in [-0.05, 0) is 42.7 Å². The summed E-state index contributed by atoms with van der Waals surface area (Å²) in [6, 6.07) is 0. The highest BCUT2D eigenvalue weighted by atomic mass is 14.9. The maximum absolute atomic E-state index is 4.60. The lowest BCUT2D eigenvalue weighted by atomic mass is 9.78. The first-order chi connectivity index (χ1) is 9.09. The van der Waals surface area contributed by atoms with Crippen LogP contribution >= 0.6 is 0 Å². The Morgan fingerprint density at radius 2 is 2.05 bits per heavy atom. The van der Waals surface area contributed by atoms with Crippen LogP contribution < -0.4 is 0 Å². The molecular weight excluding hydrogens is 234 g/mol. The minimum absolute atomic E-state index is 0.196. The van der Waals surface area contributed by atoms with Gasteiger partial charge in [-0.3, -0.25) is 0 Å². The molecule has 0 fully saturated rings. The van der Waals surface area contributed by atoms with Gasteiger partial charge in [-0.25, -0.2) is 9.97 Å². The molecule has 0 saturated heterocycles. The highest BCUT2D eigenvalue weighted by molar-refractivity contribution is 5.91. The first kappa shape index (κ1) is 12.4. The second kappa shape index (κ2) is 4.48. The van der Waals surface area contributed by atoms with Crippen LogP contribution in [0.1, 0.15) is 50.8 Å². The molecule has 1 aliphatic carbocycles. The van der Waals surface area contributed by atoms with E-state index in [1.54, 1.807) is 6.33 Å². The van der Waals surface area contributed by atoms with E-state index in [2.05, 4.69) is 41.8 Å². The van der Waals surface area contributed by atoms with Crippen LogP contribution in [-0.4, -0.2) is 15.0 Å². The Morgan fingerprint density at radius 1 is 1.21 bits per heavy atom. The third kappa shape index (κ3) is 2.07. The summed E-state index contributed by atoms with van der Waals surface area (Å²) in [7, 11) is 0. The van der Waals surface area contributed by atoms with Crippen LogP contribution in [0.5, 0.6) is 0 Å². The first-order valence-electron chi connectivity index (χ1n) is 7.09. The van der Waals surface area contributed by atoms with E-state index in [9.17, 15) is 0 Å². The molecule has 2 aromatic rings. The van der Waals surface area contributed by atoms with Crippen LogP contribution in [0, 0.1) is 12.3 Å². The molecule has 0 bridgehead atoms. The second-order valence-corrected chi connectivity index (χ2v) is 6.17. The highest BCUT2D eigenvalue weighted by Crippen LogP contribution is 2.42. The van der Waals surface area contributed by atoms with Crippen LogP contribution in [0.3, 0.4) is 0 Å². The number of nitrogens with zero attached hydrogens (tertiary/aromatic N) is 2. The van der Waals surface area contributed by atoms with Crippen LogP contribution in [-0.2, 0) is 0 Å². The maximum Gasteiger partial charge on any atom is 0.141 e. The van der Waals surface area contributed by atoms with Crippen LogP contribution in [0.25, 0.3) is 16.6 Å². The summed E-state index contributed by atoms with van der Waals surface area (Å²) >= 11 is 0. The Labute approximate surface area is 114 Å². The molecule has 0 saturated carbocycles. The lowest BCUT2D eigenvalue weighted by molar-refractivity contribution is 0.441. The molecule has 0 aromatic carbocycles. The molecule has 1 aliphatic rings. The van der Waals surface area contributed by atoms with Crippen molar-refractivity contribution in [3.63, 3.8) is 0 Å². The molecule has 2 heterocycles. The average molecular weight is 255 g/mol. The zero-order valence-electron chi connectivity index (χ0n) is 12.0. The van der Waals surface area contributed by atoms with Gasteiger partial charge in [-0.15, -0.1) is 0 Å². The van der Waals surface area contributed by atoms with Crippen molar-refractivity contribution in [3.8, 4) is 0 Å². The fourth-order valence-corrected chi connectivity index (χ4v) is 3.11. The van der Waals surface area contributed by atoms with E-state index in [4.69, 9.17) is 0 Å². The predicted molar refractivity (Wildman–Crippen MR) is 78.9 cm³/mol. The lowest BCUT2D eigenvalue weighted by Gasteiger charge is -2.27. The van der Waals surface area contributed by atoms with Gasteiger partial charge in [0.2, 0.25) is 0 Å². The fourth-order valence-electron chi connectivity index (χ4n) is 3.11. The summed E-state index contributed by atoms with van der Waals surface area (Å²) in [5, 5.41) is 1.18. The summed E-state index contributed by atoms with van der Waals surface area (Å²) in [5.74, 6) is 0. The number of aromatic amines is 1. The monoisotopic (exact) mass is 255 g/mol. The Balaban J connectivity index is 2.23. The summed E-state index contributed by atoms with van der Waals surface area (Å²) in [4.78, 5) is 12.2. The van der Waals surface area contributed by atoms with Gasteiger partial charge in [0.15, 0.2) is 0 Å². The Morgan fingerprint density at radius 3 is 2.89 bits per heavy atom. The quantitative estimate of drug-likeness (QED) is 0.827. The molecule has 0 unspecified atom stereocenters. The van der Waals surface area contributed by atoms with Crippen molar-refractivity contribution in [2.24, 2.45) is 5.41 Å². The number of fused-ring (bicyclic) bond motifs is 1. The highest BCUT2D eigenvalue weighted by Gasteiger charge is 2.28. The molecule has 19 heavy (non-hydrogen) atoms. The third-order valence-corrected chi connectivity index (χ3v) is 4.26. The van der Waals surface area contributed by atoms with Gasteiger partial charge >= 0.3 is 0 Å². The third-order valence-electron chi connectivity index (χ3n) is 4.26. The Bertz CT molecular complexity index is 634. The number of nitrogens with one attached hydrogen (secondary N) is 1. The number of allylic oxidation sites excluding steroid dienone is 2. The standard InChI is InChI=1S/C16H21N3/c1-11-9-17-15-13(11)14(18-10-19-15)12-7-5-4-6-8-16(12,2)3/h7,9-10H,4-6,8H2,1-3H3,(H,17,18,19). The lowest BCUT2D eigenvalue weighted by Crippen LogP contribution is -2.14. The average Bonchev–Trinajstić information content (AvgIpc) is 2.65. The molecule has 0 radical (unpaired) electrons. The number of rotatable bonds is 1. The smallest absolute Gasteiger partial charge is 0.141 e. The van der Waals surface area contributed by atoms with E-state index >= 15 is 0 Å². The molecule has 2 aromatic heterocycles. The molecule has 0 atom stereocenters. The van der Waals surface area contributed by atoms with Crippen molar-refractivity contribution in [3.05, 3.63) is 29.9 Å². The second-order valence-electron chi connectivity index (χ2n) is 6.17. The van der Waals surface area contributed by atoms with Crippen molar-refractivity contribution in [1.29, 1.82) is 0 Å². The summed E-state index contributed by atoms with van der Waals surface area (Å²) in [5.41, 5.74) is 4.88. The van der Waals surface area contributed by atoms with Crippen molar-refractivity contribution in [2.75, 3.05) is 0 Å². The van der Waals surface area contributed by atoms with E-state index in [1.807, 2.05) is 6.20 Å². The predicted octanol–water partition coefficient (Wildman–Crippen LogP) is 4.25. The van der Waals surface area contributed by atoms with E-state index in [0.29, 0.717) is 0 Å². The van der Waals surface area contributed by atoms with Crippen molar-refractivity contribution in [1.82, 2.24) is 15.0 Å². The van der Waals surface area contributed by atoms with Crippen molar-refractivity contribution < 1.29 is 0 Å². The molecule has 0 aliphatic heterocycles. The zero-order valence-corrected chi connectivity index (χ0v) is 12.0. The van der Waals surface area contributed by atoms with Gasteiger partial charge in [0, 0.05) is 11.6 Å². The SMILES string of the molecule is Cc1c[nH]c2ncnc(C3=CCCCCC3(C)C)c12. The number of H-pyrrole nitrogens is 1. The molecule has 3 rings (SSSR count). The van der Waals surface area contributed by atoms with Gasteiger partial charge < -0.3 is 4.98 Å². The van der Waals surface area contributed by atoms with Gasteiger partial charge in [-0.2, -0.15) is 0 Å². The molecule has 1 N–H and O–H groups in total. The van der Waals surface area contributed by atoms with Gasteiger partial charge in [-0.1, -0.05) is 26.3 Å². The van der Waals surface area contributed by atoms with Crippen LogP contribution in [0.4, 0.5) is 0 Å². The molecule has 3 heteroatoms. The van der Waals surface area contributed by atoms with E-state index in [1.165, 1.54) is 35.8 Å². The zero-order chi connectivity index (χ0) is 13.5. The molecule has 100 valence electrons. The van der Waals surface area contributed by atoms with E-state index in [-0.39, 0.29) is 5.41 Å². The largest absolute Gasteiger partial charge is 0.346 e. The number of hydrogen-bond acceptors (Lipinski definition) is 2. The van der Waals surface area contributed by atoms with E-state index < -0.39 is 0 Å². The van der Waals surface area contributed by atoms with Gasteiger partial charge in [0.1, 0.15) is 12.0 Å². The molecule has 3 nitrogen and oxygen atoms in total. The summed E-state index contributed by atoms with van der Waals surface area (Å²) in [6.45, 7) is 6.79. The number of aromatic nitrogens is 3. The van der Waals surface area contributed by atoms with E-state index in [0.717, 1.165) is 17.8 Å². The maximum atomic E-state index is 4.60. The van der Waals surface area contributed by atoms with Crippen LogP contribution in [0.2, 0.25) is 0 Å². The summed E-state index contributed by atoms with van der Waals surface area (Å²) < 4.78 is 0. The minimum Gasteiger partial charge on any atom is -0.346 e. The number of aryl methyl sites for hydroxylation is 1. The normalized spacial score (nSPS) is 19.2. The molecule has 0 amide bonds. The van der Waals surface area contributed by atoms with Gasteiger partial charge in [0.05, 0.1) is 5.69 Å². The fraction of sp³-hybridized carbons (Fsp3) is 0.500. The summed E-state index contributed by atoms with van der Waals surface area (Å²) in [6.07, 6.45) is 11.1. The Kier molecular flexibility index (Phi) is 2.92. The number of hydrogen-bond donors (Lipinski definition) is 1. The molecule has 0 spiro atoms. The van der Waals surface area contributed by atoms with Gasteiger partial charge in [0.25, 0.3) is 0 Å². The topological polar surface area (TPSA) is 41.6 Å². The first-order valence-corrected chi connectivity index (χ1v) is 7.09. The van der Waals surface area contributed by atoms with Crippen molar-refractivity contribution >= 4 is 16.6 Å².